The highest BCUT2D eigenvalue weighted by molar-refractivity contribution is 5.76. The second kappa shape index (κ2) is 57.1. The molecule has 0 rings (SSSR count). The topological polar surface area (TPSA) is 69.6 Å². The van der Waals surface area contributed by atoms with Crippen molar-refractivity contribution in [3.05, 3.63) is 72.9 Å². The molecular weight excluding hydrogens is 807 g/mol. The predicted octanol–water partition coefficient (Wildman–Crippen LogP) is 19.4. The predicted molar refractivity (Wildman–Crippen MR) is 294 cm³/mol. The number of hydrogen-bond donors (Lipinski definition) is 3. The van der Waals surface area contributed by atoms with Gasteiger partial charge in [-0.15, -0.1) is 0 Å². The summed E-state index contributed by atoms with van der Waals surface area (Å²) in [6.45, 7) is 4.25. The largest absolute Gasteiger partial charge is 0.394 e. The molecule has 0 saturated heterocycles. The fourth-order valence-electron chi connectivity index (χ4n) is 8.84. The van der Waals surface area contributed by atoms with Crippen LogP contribution in [0, 0.1) is 0 Å². The molecule has 384 valence electrons. The molecule has 0 aromatic carbocycles. The van der Waals surface area contributed by atoms with Crippen LogP contribution in [0.15, 0.2) is 72.9 Å². The Morgan fingerprint density at radius 3 is 0.970 bits per heavy atom. The first-order chi connectivity index (χ1) is 32.7. The summed E-state index contributed by atoms with van der Waals surface area (Å²) in [4.78, 5) is 12.5. The summed E-state index contributed by atoms with van der Waals surface area (Å²) >= 11 is 0. The van der Waals surface area contributed by atoms with Crippen molar-refractivity contribution in [2.45, 2.75) is 309 Å². The Morgan fingerprint density at radius 1 is 0.379 bits per heavy atom. The molecule has 0 bridgehead atoms. The molecule has 0 spiro atoms. The summed E-state index contributed by atoms with van der Waals surface area (Å²) < 4.78 is 0. The highest BCUT2D eigenvalue weighted by Crippen LogP contribution is 2.18. The maximum Gasteiger partial charge on any atom is 0.220 e. The van der Waals surface area contributed by atoms with Crippen LogP contribution in [0.25, 0.3) is 0 Å². The fraction of sp³-hybridized carbons (Fsp3) is 0.790. The highest BCUT2D eigenvalue weighted by atomic mass is 16.3. The fourth-order valence-corrected chi connectivity index (χ4v) is 8.84. The minimum atomic E-state index is -0.684. The normalized spacial score (nSPS) is 13.3. The van der Waals surface area contributed by atoms with Gasteiger partial charge in [-0.3, -0.25) is 4.79 Å². The molecule has 0 aliphatic heterocycles. The van der Waals surface area contributed by atoms with Crippen molar-refractivity contribution in [2.75, 3.05) is 6.61 Å². The van der Waals surface area contributed by atoms with Gasteiger partial charge in [0, 0.05) is 6.42 Å². The molecule has 0 radical (unpaired) electrons. The zero-order chi connectivity index (χ0) is 47.7. The van der Waals surface area contributed by atoms with Gasteiger partial charge in [-0.2, -0.15) is 0 Å². The monoisotopic (exact) mass is 920 g/mol. The van der Waals surface area contributed by atoms with E-state index in [-0.39, 0.29) is 12.5 Å². The van der Waals surface area contributed by atoms with Crippen LogP contribution in [0.4, 0.5) is 0 Å². The number of carbonyl (C=O) groups is 1. The maximum atomic E-state index is 12.5. The van der Waals surface area contributed by atoms with E-state index < -0.39 is 12.1 Å². The summed E-state index contributed by atoms with van der Waals surface area (Å²) in [5.41, 5.74) is 0. The first-order valence-electron chi connectivity index (χ1n) is 29.1. The van der Waals surface area contributed by atoms with E-state index in [0.717, 1.165) is 70.6 Å². The molecule has 4 nitrogen and oxygen atoms in total. The van der Waals surface area contributed by atoms with Crippen LogP contribution in [0.2, 0.25) is 0 Å². The molecule has 0 fully saturated rings. The number of hydrogen-bond acceptors (Lipinski definition) is 3. The molecule has 0 aliphatic carbocycles. The second-order valence-electron chi connectivity index (χ2n) is 19.7. The number of carbonyl (C=O) groups excluding carboxylic acids is 1. The lowest BCUT2D eigenvalue weighted by Crippen LogP contribution is -2.45. The molecule has 66 heavy (non-hydrogen) atoms. The van der Waals surface area contributed by atoms with Crippen LogP contribution < -0.4 is 5.32 Å². The number of aliphatic hydroxyl groups is 2. The van der Waals surface area contributed by atoms with Crippen molar-refractivity contribution >= 4 is 5.91 Å². The Kier molecular flexibility index (Phi) is 55.3. The molecule has 4 heteroatoms. The molecule has 1 amide bonds. The van der Waals surface area contributed by atoms with Crippen LogP contribution in [0.5, 0.6) is 0 Å². The SMILES string of the molecule is CC/C=C\C/C=C\C/C=C\C/C=C\C/C=C\C/C=C\CCCCC(=O)NC(CO)C(O)CCCCCCCCCCCCCCCCCCCCCCCCCCCCCCCCCCC. The summed E-state index contributed by atoms with van der Waals surface area (Å²) in [5.74, 6) is -0.0722. The zero-order valence-corrected chi connectivity index (χ0v) is 44.2. The van der Waals surface area contributed by atoms with Gasteiger partial charge < -0.3 is 15.5 Å². The van der Waals surface area contributed by atoms with E-state index >= 15 is 0 Å². The Balaban J connectivity index is 3.48. The van der Waals surface area contributed by atoms with Gasteiger partial charge in [-0.25, -0.2) is 0 Å². The van der Waals surface area contributed by atoms with Gasteiger partial charge in [0.25, 0.3) is 0 Å². The van der Waals surface area contributed by atoms with E-state index in [1.165, 1.54) is 199 Å². The molecule has 0 heterocycles. The van der Waals surface area contributed by atoms with Crippen molar-refractivity contribution in [3.63, 3.8) is 0 Å². The van der Waals surface area contributed by atoms with Gasteiger partial charge in [-0.1, -0.05) is 299 Å². The quantitative estimate of drug-likeness (QED) is 0.0421. The van der Waals surface area contributed by atoms with Gasteiger partial charge in [0.15, 0.2) is 0 Å². The van der Waals surface area contributed by atoms with E-state index in [2.05, 4.69) is 92.1 Å². The lowest BCUT2D eigenvalue weighted by Gasteiger charge is -2.22. The Bertz CT molecular complexity index is 1130. The Labute approximate surface area is 412 Å². The number of aliphatic hydroxyl groups excluding tert-OH is 2. The molecule has 0 aliphatic rings. The maximum absolute atomic E-state index is 12.5. The van der Waals surface area contributed by atoms with Crippen molar-refractivity contribution < 1.29 is 15.0 Å². The molecule has 3 N–H and O–H groups in total. The Hall–Kier alpha value is -2.17. The molecular formula is C62H113NO3. The van der Waals surface area contributed by atoms with Crippen molar-refractivity contribution in [1.29, 1.82) is 0 Å². The van der Waals surface area contributed by atoms with E-state index in [0.29, 0.717) is 12.8 Å². The number of amides is 1. The third-order valence-corrected chi connectivity index (χ3v) is 13.2. The van der Waals surface area contributed by atoms with Crippen LogP contribution in [0.3, 0.4) is 0 Å². The molecule has 2 unspecified atom stereocenters. The van der Waals surface area contributed by atoms with Crippen molar-refractivity contribution in [3.8, 4) is 0 Å². The first-order valence-corrected chi connectivity index (χ1v) is 29.1. The average Bonchev–Trinajstić information content (AvgIpc) is 3.32. The van der Waals surface area contributed by atoms with E-state index in [9.17, 15) is 15.0 Å². The van der Waals surface area contributed by atoms with Gasteiger partial charge in [-0.05, 0) is 64.2 Å². The number of allylic oxidation sites excluding steroid dienone is 12. The smallest absolute Gasteiger partial charge is 0.220 e. The summed E-state index contributed by atoms with van der Waals surface area (Å²) in [7, 11) is 0. The first kappa shape index (κ1) is 63.8. The highest BCUT2D eigenvalue weighted by Gasteiger charge is 2.20. The molecule has 0 aromatic heterocycles. The summed E-state index contributed by atoms with van der Waals surface area (Å²) in [5, 5.41) is 23.3. The Morgan fingerprint density at radius 2 is 0.667 bits per heavy atom. The lowest BCUT2D eigenvalue weighted by atomic mass is 10.0. The zero-order valence-electron chi connectivity index (χ0n) is 44.2. The number of nitrogens with one attached hydrogen (secondary N) is 1. The summed E-state index contributed by atoms with van der Waals surface area (Å²) in [6.07, 6.45) is 82.0. The number of unbranched alkanes of at least 4 members (excludes halogenated alkanes) is 34. The lowest BCUT2D eigenvalue weighted by molar-refractivity contribution is -0.123. The third kappa shape index (κ3) is 52.8. The van der Waals surface area contributed by atoms with Crippen LogP contribution in [-0.4, -0.2) is 34.9 Å². The molecule has 2 atom stereocenters. The van der Waals surface area contributed by atoms with Gasteiger partial charge in [0.05, 0.1) is 18.8 Å². The average molecular weight is 921 g/mol. The standard InChI is InChI=1S/C62H113NO3/c1-3-5-7-9-11-13-15-17-19-21-23-25-26-27-28-29-30-31-32-33-34-35-36-38-39-41-43-45-47-49-51-53-55-57-61(65)60(59-64)63-62(66)58-56-54-52-50-48-46-44-42-40-37-24-22-20-18-16-14-12-10-8-6-4-2/h6,8,12,14,18,20,24,37,42,44,48,50,60-61,64-65H,3-5,7,9-11,13,15-17,19,21-23,25-36,38-41,43,45-47,49,51-59H2,1-2H3,(H,63,66)/b8-6-,14-12-,20-18-,37-24-,44-42-,50-48-. The van der Waals surface area contributed by atoms with E-state index in [1.807, 2.05) is 0 Å². The minimum absolute atomic E-state index is 0.0722. The molecule has 0 saturated carbocycles. The molecule has 0 aromatic rings. The summed E-state index contributed by atoms with van der Waals surface area (Å²) in [6, 6.07) is -0.566. The van der Waals surface area contributed by atoms with E-state index in [4.69, 9.17) is 0 Å². The third-order valence-electron chi connectivity index (χ3n) is 13.2. The van der Waals surface area contributed by atoms with Crippen molar-refractivity contribution in [2.24, 2.45) is 0 Å². The van der Waals surface area contributed by atoms with Gasteiger partial charge >= 0.3 is 0 Å². The van der Waals surface area contributed by atoms with Crippen LogP contribution >= 0.6 is 0 Å². The van der Waals surface area contributed by atoms with Crippen LogP contribution in [0.1, 0.15) is 296 Å². The second-order valence-corrected chi connectivity index (χ2v) is 19.7. The number of rotatable bonds is 53. The van der Waals surface area contributed by atoms with Crippen LogP contribution in [-0.2, 0) is 4.79 Å². The van der Waals surface area contributed by atoms with Crippen molar-refractivity contribution in [1.82, 2.24) is 5.32 Å². The minimum Gasteiger partial charge on any atom is -0.394 e. The van der Waals surface area contributed by atoms with Gasteiger partial charge in [0.1, 0.15) is 0 Å². The van der Waals surface area contributed by atoms with E-state index in [1.54, 1.807) is 0 Å². The van der Waals surface area contributed by atoms with Gasteiger partial charge in [0.2, 0.25) is 5.91 Å².